The number of nitrogens with zero attached hydrogens (tertiary/aromatic N) is 5. The Balaban J connectivity index is 1.46. The highest BCUT2D eigenvalue weighted by Gasteiger charge is 2.19. The molecule has 32 heavy (non-hydrogen) atoms. The molecule has 0 aliphatic heterocycles. The Morgan fingerprint density at radius 2 is 1.91 bits per heavy atom. The largest absolute Gasteiger partial charge is 0.350 e. The molecule has 10 heteroatoms. The average molecular weight is 432 g/mol. The SMILES string of the molecule is Cc1ccc(Cn2cnc3c(cnn3CCNC(=O)c3ccccc3[N+](=O)[O-])c2=O)cc1. The highest BCUT2D eigenvalue weighted by molar-refractivity contribution is 5.98. The normalized spacial score (nSPS) is 10.9. The van der Waals surface area contributed by atoms with Crippen LogP contribution in [0.5, 0.6) is 0 Å². The molecule has 10 nitrogen and oxygen atoms in total. The molecule has 0 unspecified atom stereocenters. The first-order valence-electron chi connectivity index (χ1n) is 9.92. The van der Waals surface area contributed by atoms with E-state index in [4.69, 9.17) is 0 Å². The van der Waals surface area contributed by atoms with E-state index in [0.717, 1.165) is 11.1 Å². The third-order valence-corrected chi connectivity index (χ3v) is 5.05. The number of benzene rings is 2. The smallest absolute Gasteiger partial charge is 0.282 e. The number of carbonyl (C=O) groups is 1. The zero-order valence-corrected chi connectivity index (χ0v) is 17.3. The van der Waals surface area contributed by atoms with Crippen molar-refractivity contribution in [3.05, 3.63) is 98.2 Å². The number of nitrogens with one attached hydrogen (secondary N) is 1. The molecule has 4 rings (SSSR count). The lowest BCUT2D eigenvalue weighted by atomic mass is 10.1. The van der Waals surface area contributed by atoms with Crippen LogP contribution in [0.1, 0.15) is 21.5 Å². The second-order valence-electron chi connectivity index (χ2n) is 7.30. The van der Waals surface area contributed by atoms with E-state index in [0.29, 0.717) is 17.6 Å². The van der Waals surface area contributed by atoms with Gasteiger partial charge in [-0.15, -0.1) is 0 Å². The van der Waals surface area contributed by atoms with Crippen molar-refractivity contribution in [1.82, 2.24) is 24.6 Å². The van der Waals surface area contributed by atoms with Crippen LogP contribution in [0, 0.1) is 17.0 Å². The molecule has 1 amide bonds. The second-order valence-corrected chi connectivity index (χ2v) is 7.30. The van der Waals surface area contributed by atoms with Crippen LogP contribution in [0.2, 0.25) is 0 Å². The van der Waals surface area contributed by atoms with Crippen LogP contribution in [-0.2, 0) is 13.1 Å². The first-order chi connectivity index (χ1) is 15.4. The topological polar surface area (TPSA) is 125 Å². The van der Waals surface area contributed by atoms with E-state index in [2.05, 4.69) is 15.4 Å². The summed E-state index contributed by atoms with van der Waals surface area (Å²) in [4.78, 5) is 40.0. The molecule has 1 N–H and O–H groups in total. The number of hydrogen-bond acceptors (Lipinski definition) is 6. The van der Waals surface area contributed by atoms with Gasteiger partial charge in [0.2, 0.25) is 0 Å². The van der Waals surface area contributed by atoms with Gasteiger partial charge in [-0.2, -0.15) is 5.10 Å². The molecular weight excluding hydrogens is 412 g/mol. The number of rotatable bonds is 7. The summed E-state index contributed by atoms with van der Waals surface area (Å²) < 4.78 is 3.04. The molecular formula is C22H20N6O4. The third-order valence-electron chi connectivity index (χ3n) is 5.05. The fourth-order valence-corrected chi connectivity index (χ4v) is 3.36. The van der Waals surface area contributed by atoms with Gasteiger partial charge in [-0.3, -0.25) is 24.3 Å². The van der Waals surface area contributed by atoms with Gasteiger partial charge in [-0.25, -0.2) is 9.67 Å². The second kappa shape index (κ2) is 8.80. The van der Waals surface area contributed by atoms with E-state index in [9.17, 15) is 19.7 Å². The number of amides is 1. The van der Waals surface area contributed by atoms with E-state index in [1.807, 2.05) is 31.2 Å². The molecule has 0 aliphatic carbocycles. The van der Waals surface area contributed by atoms with Gasteiger partial charge in [0.25, 0.3) is 17.2 Å². The van der Waals surface area contributed by atoms with Gasteiger partial charge in [-0.1, -0.05) is 42.0 Å². The minimum atomic E-state index is -0.596. The zero-order valence-electron chi connectivity index (χ0n) is 17.3. The fraction of sp³-hybridized carbons (Fsp3) is 0.182. The number of nitro groups is 1. The van der Waals surface area contributed by atoms with Crippen molar-refractivity contribution in [3.8, 4) is 0 Å². The lowest BCUT2D eigenvalue weighted by Crippen LogP contribution is -2.28. The molecule has 0 aliphatic rings. The Kier molecular flexibility index (Phi) is 5.75. The van der Waals surface area contributed by atoms with Crippen molar-refractivity contribution in [3.63, 3.8) is 0 Å². The molecule has 0 radical (unpaired) electrons. The zero-order chi connectivity index (χ0) is 22.7. The highest BCUT2D eigenvalue weighted by Crippen LogP contribution is 2.17. The molecule has 0 bridgehead atoms. The van der Waals surface area contributed by atoms with Crippen molar-refractivity contribution in [1.29, 1.82) is 0 Å². The number of carbonyl (C=O) groups excluding carboxylic acids is 1. The summed E-state index contributed by atoms with van der Waals surface area (Å²) in [5, 5.41) is 18.3. The monoisotopic (exact) mass is 432 g/mol. The fourth-order valence-electron chi connectivity index (χ4n) is 3.36. The van der Waals surface area contributed by atoms with E-state index in [1.54, 1.807) is 6.07 Å². The van der Waals surface area contributed by atoms with Crippen LogP contribution in [0.25, 0.3) is 11.0 Å². The molecule has 0 spiro atoms. The van der Waals surface area contributed by atoms with Gasteiger partial charge in [0.05, 0.1) is 24.2 Å². The predicted molar refractivity (Wildman–Crippen MR) is 117 cm³/mol. The van der Waals surface area contributed by atoms with E-state index < -0.39 is 10.8 Å². The lowest BCUT2D eigenvalue weighted by Gasteiger charge is -2.08. The average Bonchev–Trinajstić information content (AvgIpc) is 3.20. The van der Waals surface area contributed by atoms with Crippen LogP contribution in [0.15, 0.2) is 65.8 Å². The Bertz CT molecular complexity index is 1360. The first-order valence-corrected chi connectivity index (χ1v) is 9.92. The van der Waals surface area contributed by atoms with E-state index in [-0.39, 0.29) is 29.9 Å². The maximum atomic E-state index is 12.8. The van der Waals surface area contributed by atoms with Crippen LogP contribution < -0.4 is 10.9 Å². The third kappa shape index (κ3) is 4.24. The maximum Gasteiger partial charge on any atom is 0.282 e. The molecule has 0 fully saturated rings. The van der Waals surface area contributed by atoms with Gasteiger partial charge in [0.15, 0.2) is 5.65 Å². The first kappa shape index (κ1) is 20.9. The number of aromatic nitrogens is 4. The van der Waals surface area contributed by atoms with Gasteiger partial charge in [0, 0.05) is 12.6 Å². The molecule has 2 aromatic carbocycles. The Hall–Kier alpha value is -4.34. The summed E-state index contributed by atoms with van der Waals surface area (Å²) in [7, 11) is 0. The quantitative estimate of drug-likeness (QED) is 0.353. The molecule has 0 saturated carbocycles. The van der Waals surface area contributed by atoms with Crippen LogP contribution in [0.3, 0.4) is 0 Å². The van der Waals surface area contributed by atoms with Gasteiger partial charge >= 0.3 is 0 Å². The van der Waals surface area contributed by atoms with Gasteiger partial charge in [-0.05, 0) is 18.6 Å². The summed E-state index contributed by atoms with van der Waals surface area (Å²) in [5.74, 6) is -0.554. The minimum Gasteiger partial charge on any atom is -0.350 e. The van der Waals surface area contributed by atoms with Crippen LogP contribution in [0.4, 0.5) is 5.69 Å². The summed E-state index contributed by atoms with van der Waals surface area (Å²) in [6.07, 6.45) is 2.94. The van der Waals surface area contributed by atoms with E-state index >= 15 is 0 Å². The van der Waals surface area contributed by atoms with Gasteiger partial charge < -0.3 is 5.32 Å². The molecule has 162 valence electrons. The maximum absolute atomic E-state index is 12.8. The Morgan fingerprint density at radius 1 is 1.16 bits per heavy atom. The molecule has 0 atom stereocenters. The predicted octanol–water partition coefficient (Wildman–Crippen LogP) is 2.29. The Labute approximate surface area is 182 Å². The van der Waals surface area contributed by atoms with Crippen molar-refractivity contribution >= 4 is 22.6 Å². The molecule has 0 saturated heterocycles. The Morgan fingerprint density at radius 3 is 2.66 bits per heavy atom. The van der Waals surface area contributed by atoms with Crippen molar-refractivity contribution < 1.29 is 9.72 Å². The van der Waals surface area contributed by atoms with Crippen molar-refractivity contribution in [2.75, 3.05) is 6.54 Å². The number of fused-ring (bicyclic) bond motifs is 1. The van der Waals surface area contributed by atoms with Gasteiger partial charge in [0.1, 0.15) is 17.3 Å². The molecule has 4 aromatic rings. The van der Waals surface area contributed by atoms with Crippen molar-refractivity contribution in [2.45, 2.75) is 20.0 Å². The van der Waals surface area contributed by atoms with E-state index in [1.165, 1.54) is 40.0 Å². The number of nitro benzene ring substituents is 1. The summed E-state index contributed by atoms with van der Waals surface area (Å²) in [6, 6.07) is 13.7. The summed E-state index contributed by atoms with van der Waals surface area (Å²) in [5.41, 5.74) is 2.07. The highest BCUT2D eigenvalue weighted by atomic mass is 16.6. The number of aryl methyl sites for hydroxylation is 1. The number of para-hydroxylation sites is 1. The van der Waals surface area contributed by atoms with Crippen LogP contribution >= 0.6 is 0 Å². The summed E-state index contributed by atoms with van der Waals surface area (Å²) in [6.45, 7) is 2.82. The molecule has 2 heterocycles. The lowest BCUT2D eigenvalue weighted by molar-refractivity contribution is -0.385. The minimum absolute atomic E-state index is 0.0139. The number of hydrogen-bond donors (Lipinski definition) is 1. The standard InChI is InChI=1S/C22H20N6O4/c1-15-6-8-16(9-7-15)13-26-14-24-20-18(22(26)30)12-25-27(20)11-10-23-21(29)17-4-2-3-5-19(17)28(31)32/h2-9,12,14H,10-11,13H2,1H3,(H,23,29). The molecule has 2 aromatic heterocycles. The summed E-state index contributed by atoms with van der Waals surface area (Å²) >= 11 is 0. The van der Waals surface area contributed by atoms with Crippen LogP contribution in [-0.4, -0.2) is 36.7 Å². The van der Waals surface area contributed by atoms with Crippen molar-refractivity contribution in [2.24, 2.45) is 0 Å².